The molecule has 0 saturated heterocycles. The number of nitrogens with zero attached hydrogens (tertiary/aromatic N) is 1. The molecule has 3 rings (SSSR count). The molecular weight excluding hydrogens is 296 g/mol. The maximum atomic E-state index is 11.8. The van der Waals surface area contributed by atoms with Gasteiger partial charge in [-0.1, -0.05) is 42.5 Å². The average molecular weight is 318 g/mol. The first kappa shape index (κ1) is 16.2. The highest BCUT2D eigenvalue weighted by Crippen LogP contribution is 2.33. The maximum absolute atomic E-state index is 11.8. The van der Waals surface area contributed by atoms with Gasteiger partial charge in [0.15, 0.2) is 0 Å². The summed E-state index contributed by atoms with van der Waals surface area (Å²) >= 11 is 0. The third kappa shape index (κ3) is 3.46. The first-order valence-corrected chi connectivity index (χ1v) is 8.25. The fourth-order valence-corrected chi connectivity index (χ4v) is 3.00. The van der Waals surface area contributed by atoms with Crippen molar-refractivity contribution < 1.29 is 0 Å². The second-order valence-electron chi connectivity index (χ2n) is 6.47. The van der Waals surface area contributed by atoms with Gasteiger partial charge < -0.3 is 4.98 Å². The average Bonchev–Trinajstić information content (AvgIpc) is 2.61. The van der Waals surface area contributed by atoms with Crippen molar-refractivity contribution in [1.82, 2.24) is 9.97 Å². The van der Waals surface area contributed by atoms with Crippen LogP contribution in [0.5, 0.6) is 0 Å². The van der Waals surface area contributed by atoms with Crippen LogP contribution in [0.1, 0.15) is 35.9 Å². The molecule has 24 heavy (non-hydrogen) atoms. The number of benzene rings is 1. The summed E-state index contributed by atoms with van der Waals surface area (Å²) in [4.78, 5) is 19.5. The molecule has 3 heteroatoms. The first-order valence-electron chi connectivity index (χ1n) is 8.25. The van der Waals surface area contributed by atoms with Crippen molar-refractivity contribution in [1.29, 1.82) is 0 Å². The van der Waals surface area contributed by atoms with Gasteiger partial charge in [-0.3, -0.25) is 9.78 Å². The van der Waals surface area contributed by atoms with Crippen LogP contribution < -0.4 is 5.56 Å². The second kappa shape index (κ2) is 6.83. The van der Waals surface area contributed by atoms with Gasteiger partial charge in [-0.05, 0) is 49.9 Å². The Labute approximate surface area is 142 Å². The van der Waals surface area contributed by atoms with Gasteiger partial charge >= 0.3 is 0 Å². The topological polar surface area (TPSA) is 45.8 Å². The molecule has 3 nitrogen and oxygen atoms in total. The van der Waals surface area contributed by atoms with Crippen LogP contribution in [0, 0.1) is 6.92 Å². The number of nitrogens with one attached hydrogen (secondary N) is 1. The fourth-order valence-electron chi connectivity index (χ4n) is 3.00. The molecule has 1 unspecified atom stereocenters. The predicted octanol–water partition coefficient (Wildman–Crippen LogP) is 4.02. The Morgan fingerprint density at radius 2 is 1.79 bits per heavy atom. The highest BCUT2D eigenvalue weighted by atomic mass is 16.1. The van der Waals surface area contributed by atoms with E-state index in [0.717, 1.165) is 29.8 Å². The molecule has 0 fully saturated rings. The van der Waals surface area contributed by atoms with E-state index in [2.05, 4.69) is 53.3 Å². The minimum atomic E-state index is -0.343. The van der Waals surface area contributed by atoms with Gasteiger partial charge in [-0.25, -0.2) is 0 Å². The normalized spacial score (nSPS) is 13.4. The summed E-state index contributed by atoms with van der Waals surface area (Å²) in [6.07, 6.45) is 3.67. The molecule has 0 bridgehead atoms. The van der Waals surface area contributed by atoms with E-state index in [1.165, 1.54) is 5.56 Å². The Morgan fingerprint density at radius 3 is 2.46 bits per heavy atom. The number of hydrogen-bond acceptors (Lipinski definition) is 2. The van der Waals surface area contributed by atoms with Gasteiger partial charge in [-0.15, -0.1) is 0 Å². The summed E-state index contributed by atoms with van der Waals surface area (Å²) < 4.78 is 0. The van der Waals surface area contributed by atoms with Crippen LogP contribution in [0.2, 0.25) is 0 Å². The third-order valence-electron chi connectivity index (χ3n) is 4.60. The van der Waals surface area contributed by atoms with Crippen molar-refractivity contribution in [2.45, 2.75) is 32.1 Å². The highest BCUT2D eigenvalue weighted by Gasteiger charge is 2.31. The molecule has 0 radical (unpaired) electrons. The highest BCUT2D eigenvalue weighted by molar-refractivity contribution is 5.32. The van der Waals surface area contributed by atoms with E-state index in [9.17, 15) is 4.79 Å². The van der Waals surface area contributed by atoms with Gasteiger partial charge in [-0.2, -0.15) is 0 Å². The molecule has 0 saturated carbocycles. The molecule has 1 N–H and O–H groups in total. The lowest BCUT2D eigenvalue weighted by atomic mass is 9.77. The van der Waals surface area contributed by atoms with Crippen molar-refractivity contribution >= 4 is 0 Å². The lowest BCUT2D eigenvalue weighted by molar-refractivity contribution is 0.489. The Balaban J connectivity index is 1.99. The quantitative estimate of drug-likeness (QED) is 0.772. The Kier molecular flexibility index (Phi) is 4.61. The molecule has 0 aliphatic rings. The van der Waals surface area contributed by atoms with E-state index in [1.54, 1.807) is 6.07 Å². The zero-order valence-electron chi connectivity index (χ0n) is 14.1. The second-order valence-corrected chi connectivity index (χ2v) is 6.47. The van der Waals surface area contributed by atoms with Crippen LogP contribution in [-0.4, -0.2) is 9.97 Å². The summed E-state index contributed by atoms with van der Waals surface area (Å²) in [6, 6.07) is 19.9. The predicted molar refractivity (Wildman–Crippen MR) is 97.3 cm³/mol. The summed E-state index contributed by atoms with van der Waals surface area (Å²) in [5.74, 6) is 0. The number of H-pyrrole nitrogens is 1. The largest absolute Gasteiger partial charge is 0.325 e. The van der Waals surface area contributed by atoms with Gasteiger partial charge in [0.05, 0.1) is 11.1 Å². The molecular formula is C21H22N2O. The lowest BCUT2D eigenvalue weighted by Crippen LogP contribution is -2.29. The third-order valence-corrected chi connectivity index (χ3v) is 4.60. The fraction of sp³-hybridized carbons (Fsp3) is 0.238. The number of aryl methyl sites for hydroxylation is 2. The maximum Gasteiger partial charge on any atom is 0.248 e. The summed E-state index contributed by atoms with van der Waals surface area (Å²) in [6.45, 7) is 4.18. The molecule has 2 heterocycles. The van der Waals surface area contributed by atoms with Crippen molar-refractivity contribution in [3.05, 3.63) is 99.7 Å². The number of rotatable bonds is 5. The van der Waals surface area contributed by atoms with Crippen LogP contribution in [0.4, 0.5) is 0 Å². The van der Waals surface area contributed by atoms with E-state index in [1.807, 2.05) is 31.3 Å². The SMILES string of the molecule is Cc1ccc(C(C)(CCc2ccccc2)c2cccc(=O)[nH]2)nc1. The van der Waals surface area contributed by atoms with E-state index in [-0.39, 0.29) is 11.0 Å². The van der Waals surface area contributed by atoms with E-state index < -0.39 is 0 Å². The van der Waals surface area contributed by atoms with Crippen molar-refractivity contribution in [2.24, 2.45) is 0 Å². The minimum absolute atomic E-state index is 0.0782. The Bertz CT molecular complexity index is 853. The molecule has 1 atom stereocenters. The van der Waals surface area contributed by atoms with Gasteiger partial charge in [0.25, 0.3) is 0 Å². The zero-order valence-corrected chi connectivity index (χ0v) is 14.1. The summed E-state index contributed by atoms with van der Waals surface area (Å²) in [5, 5.41) is 0. The Morgan fingerprint density at radius 1 is 1.00 bits per heavy atom. The number of aromatic amines is 1. The molecule has 0 aliphatic heterocycles. The molecule has 2 aromatic heterocycles. The number of aromatic nitrogens is 2. The van der Waals surface area contributed by atoms with E-state index in [0.29, 0.717) is 0 Å². The van der Waals surface area contributed by atoms with Crippen LogP contribution in [-0.2, 0) is 11.8 Å². The number of pyridine rings is 2. The van der Waals surface area contributed by atoms with Gasteiger partial charge in [0, 0.05) is 18.0 Å². The summed E-state index contributed by atoms with van der Waals surface area (Å²) in [5.41, 5.74) is 3.88. The van der Waals surface area contributed by atoms with Crippen LogP contribution in [0.3, 0.4) is 0 Å². The number of hydrogen-bond donors (Lipinski definition) is 1. The monoisotopic (exact) mass is 318 g/mol. The molecule has 0 aliphatic carbocycles. The minimum Gasteiger partial charge on any atom is -0.325 e. The smallest absolute Gasteiger partial charge is 0.248 e. The zero-order chi connectivity index (χ0) is 17.0. The molecule has 0 amide bonds. The van der Waals surface area contributed by atoms with E-state index in [4.69, 9.17) is 0 Å². The van der Waals surface area contributed by atoms with Gasteiger partial charge in [0.2, 0.25) is 5.56 Å². The van der Waals surface area contributed by atoms with Crippen molar-refractivity contribution in [2.75, 3.05) is 0 Å². The van der Waals surface area contributed by atoms with Gasteiger partial charge in [0.1, 0.15) is 0 Å². The molecule has 0 spiro atoms. The molecule has 3 aromatic rings. The molecule has 1 aromatic carbocycles. The Hall–Kier alpha value is -2.68. The van der Waals surface area contributed by atoms with Crippen LogP contribution >= 0.6 is 0 Å². The van der Waals surface area contributed by atoms with Crippen LogP contribution in [0.15, 0.2) is 71.7 Å². The van der Waals surface area contributed by atoms with E-state index >= 15 is 0 Å². The summed E-state index contributed by atoms with van der Waals surface area (Å²) in [7, 11) is 0. The van der Waals surface area contributed by atoms with Crippen molar-refractivity contribution in [3.63, 3.8) is 0 Å². The molecule has 122 valence electrons. The standard InChI is InChI=1S/C21H22N2O/c1-16-11-12-18(22-15-16)21(2,19-9-6-10-20(24)23-19)14-13-17-7-4-3-5-8-17/h3-12,15H,13-14H2,1-2H3,(H,23,24). The van der Waals surface area contributed by atoms with Crippen molar-refractivity contribution in [3.8, 4) is 0 Å². The van der Waals surface area contributed by atoms with Crippen LogP contribution in [0.25, 0.3) is 0 Å². The first-order chi connectivity index (χ1) is 11.6. The lowest BCUT2D eigenvalue weighted by Gasteiger charge is -2.29.